The number of hydrogen-bond acceptors (Lipinski definition) is 5. The normalized spacial score (nSPS) is 10.8. The van der Waals surface area contributed by atoms with Crippen LogP contribution in [0.25, 0.3) is 22.2 Å². The summed E-state index contributed by atoms with van der Waals surface area (Å²) in [6.07, 6.45) is 4.61. The molecule has 7 nitrogen and oxygen atoms in total. The molecule has 0 spiro atoms. The average Bonchev–Trinajstić information content (AvgIpc) is 3.20. The monoisotopic (exact) mass is 430 g/mol. The number of benzene rings is 2. The van der Waals surface area contributed by atoms with Crippen LogP contribution in [0.2, 0.25) is 0 Å². The lowest BCUT2D eigenvalue weighted by Crippen LogP contribution is -2.32. The van der Waals surface area contributed by atoms with Gasteiger partial charge in [0, 0.05) is 37.6 Å². The van der Waals surface area contributed by atoms with Crippen molar-refractivity contribution in [2.45, 2.75) is 6.54 Å². The maximum atomic E-state index is 14.0. The van der Waals surface area contributed by atoms with E-state index in [4.69, 9.17) is 5.73 Å². The Hall–Kier alpha value is -4.20. The Morgan fingerprint density at radius 1 is 1.25 bits per heavy atom. The topological polar surface area (TPSA) is 89.1 Å². The zero-order chi connectivity index (χ0) is 22.7. The van der Waals surface area contributed by atoms with Crippen LogP contribution in [0.15, 0.2) is 73.7 Å². The predicted molar refractivity (Wildman–Crippen MR) is 126 cm³/mol. The number of nitrogen functional groups attached to an aromatic ring is 1. The molecule has 0 aliphatic carbocycles. The van der Waals surface area contributed by atoms with Crippen LogP contribution >= 0.6 is 0 Å². The average molecular weight is 430 g/mol. The summed E-state index contributed by atoms with van der Waals surface area (Å²) in [5.74, 6) is -0.203. The number of nitrogens with one attached hydrogen (secondary N) is 1. The maximum Gasteiger partial charge on any atom is 0.250 e. The standard InChI is InChI=1S/C24H23FN6O/c1-3-21(32)31(17-7-5-4-6-8-17)12-11-30-14-18(22-23(26)28-15-29-24(22)30)16-9-10-19(25)20(13-16)27-2/h3-10,13-15,27H,1,11-12H2,2H3,(H2,26,28,29). The van der Waals surface area contributed by atoms with Gasteiger partial charge in [-0.1, -0.05) is 30.8 Å². The second-order valence-corrected chi connectivity index (χ2v) is 7.17. The van der Waals surface area contributed by atoms with Crippen LogP contribution in [-0.2, 0) is 11.3 Å². The molecule has 2 aromatic heterocycles. The number of rotatable bonds is 7. The lowest BCUT2D eigenvalue weighted by Gasteiger charge is -2.21. The van der Waals surface area contributed by atoms with E-state index in [1.54, 1.807) is 24.1 Å². The fourth-order valence-electron chi connectivity index (χ4n) is 3.71. The van der Waals surface area contributed by atoms with Crippen LogP contribution in [-0.4, -0.2) is 34.0 Å². The lowest BCUT2D eigenvalue weighted by molar-refractivity contribution is -0.114. The summed E-state index contributed by atoms with van der Waals surface area (Å²) in [5, 5.41) is 3.54. The van der Waals surface area contributed by atoms with Gasteiger partial charge in [0.15, 0.2) is 0 Å². The number of nitrogens with zero attached hydrogens (tertiary/aromatic N) is 4. The summed E-state index contributed by atoms with van der Waals surface area (Å²) in [6, 6.07) is 14.2. The van der Waals surface area contributed by atoms with Gasteiger partial charge in [-0.2, -0.15) is 0 Å². The van der Waals surface area contributed by atoms with Crippen LogP contribution < -0.4 is 16.0 Å². The van der Waals surface area contributed by atoms with Crippen molar-refractivity contribution in [2.24, 2.45) is 0 Å². The lowest BCUT2D eigenvalue weighted by atomic mass is 10.1. The van der Waals surface area contributed by atoms with E-state index in [1.165, 1.54) is 18.5 Å². The summed E-state index contributed by atoms with van der Waals surface area (Å²) < 4.78 is 15.9. The second kappa shape index (κ2) is 8.89. The van der Waals surface area contributed by atoms with E-state index < -0.39 is 0 Å². The highest BCUT2D eigenvalue weighted by molar-refractivity contribution is 6.02. The molecule has 3 N–H and O–H groups in total. The molecule has 162 valence electrons. The Kier molecular flexibility index (Phi) is 5.85. The molecule has 0 radical (unpaired) electrons. The van der Waals surface area contributed by atoms with E-state index in [9.17, 15) is 9.18 Å². The first kappa shape index (κ1) is 21.0. The molecule has 2 aromatic carbocycles. The van der Waals surface area contributed by atoms with Gasteiger partial charge in [0.05, 0.1) is 11.1 Å². The van der Waals surface area contributed by atoms with Crippen molar-refractivity contribution in [3.8, 4) is 11.1 Å². The molecule has 2 heterocycles. The number of halogens is 1. The molecule has 0 aliphatic rings. The summed E-state index contributed by atoms with van der Waals surface area (Å²) in [7, 11) is 1.66. The number of para-hydroxylation sites is 1. The molecule has 0 aliphatic heterocycles. The van der Waals surface area contributed by atoms with Crippen molar-refractivity contribution >= 4 is 34.1 Å². The highest BCUT2D eigenvalue weighted by Gasteiger charge is 2.18. The largest absolute Gasteiger partial charge is 0.386 e. The van der Waals surface area contributed by atoms with Gasteiger partial charge in [0.2, 0.25) is 5.91 Å². The fourth-order valence-corrected chi connectivity index (χ4v) is 3.71. The van der Waals surface area contributed by atoms with Gasteiger partial charge in [0.25, 0.3) is 0 Å². The number of aromatic nitrogens is 3. The maximum absolute atomic E-state index is 14.0. The van der Waals surface area contributed by atoms with Crippen LogP contribution in [0.5, 0.6) is 0 Å². The third-order valence-electron chi connectivity index (χ3n) is 5.30. The van der Waals surface area contributed by atoms with Crippen molar-refractivity contribution in [2.75, 3.05) is 29.5 Å². The minimum atomic E-state index is -0.342. The van der Waals surface area contributed by atoms with Gasteiger partial charge >= 0.3 is 0 Å². The summed E-state index contributed by atoms with van der Waals surface area (Å²) >= 11 is 0. The fraction of sp³-hybridized carbons (Fsp3) is 0.125. The number of carbonyl (C=O) groups excluding carboxylic acids is 1. The van der Waals surface area contributed by atoms with E-state index in [1.807, 2.05) is 41.1 Å². The molecule has 0 bridgehead atoms. The van der Waals surface area contributed by atoms with Gasteiger partial charge < -0.3 is 20.5 Å². The highest BCUT2D eigenvalue weighted by Crippen LogP contribution is 2.34. The number of fused-ring (bicyclic) bond motifs is 1. The number of nitrogens with two attached hydrogens (primary N) is 1. The minimum absolute atomic E-state index is 0.195. The Morgan fingerprint density at radius 2 is 2.03 bits per heavy atom. The Morgan fingerprint density at radius 3 is 2.75 bits per heavy atom. The third kappa shape index (κ3) is 3.90. The van der Waals surface area contributed by atoms with Gasteiger partial charge in [0.1, 0.15) is 23.6 Å². The van der Waals surface area contributed by atoms with Crippen LogP contribution in [0.1, 0.15) is 0 Å². The van der Waals surface area contributed by atoms with Crippen LogP contribution in [0.3, 0.4) is 0 Å². The molecule has 0 unspecified atom stereocenters. The Labute approximate surface area is 185 Å². The van der Waals surface area contributed by atoms with E-state index in [0.717, 1.165) is 16.8 Å². The van der Waals surface area contributed by atoms with Crippen molar-refractivity contribution in [1.29, 1.82) is 0 Å². The van der Waals surface area contributed by atoms with Gasteiger partial charge in [-0.15, -0.1) is 0 Å². The second-order valence-electron chi connectivity index (χ2n) is 7.17. The number of hydrogen-bond donors (Lipinski definition) is 2. The molecular formula is C24H23FN6O. The zero-order valence-electron chi connectivity index (χ0n) is 17.6. The van der Waals surface area contributed by atoms with E-state index in [-0.39, 0.29) is 11.7 Å². The van der Waals surface area contributed by atoms with E-state index >= 15 is 0 Å². The summed E-state index contributed by atoms with van der Waals surface area (Å²) in [6.45, 7) is 4.47. The molecule has 8 heteroatoms. The third-order valence-corrected chi connectivity index (χ3v) is 5.30. The molecule has 32 heavy (non-hydrogen) atoms. The predicted octanol–water partition coefficient (Wildman–Crippen LogP) is 4.08. The Bertz CT molecular complexity index is 1280. The Balaban J connectivity index is 1.75. The van der Waals surface area contributed by atoms with Gasteiger partial charge in [-0.05, 0) is 35.9 Å². The summed E-state index contributed by atoms with van der Waals surface area (Å²) in [5.41, 5.74) is 9.56. The number of carbonyl (C=O) groups is 1. The molecule has 4 aromatic rings. The zero-order valence-corrected chi connectivity index (χ0v) is 17.6. The summed E-state index contributed by atoms with van der Waals surface area (Å²) in [4.78, 5) is 22.7. The first-order valence-corrected chi connectivity index (χ1v) is 10.1. The number of amides is 1. The molecule has 0 saturated heterocycles. The van der Waals surface area contributed by atoms with E-state index in [2.05, 4.69) is 21.9 Å². The molecule has 0 saturated carbocycles. The van der Waals surface area contributed by atoms with Crippen LogP contribution in [0, 0.1) is 5.82 Å². The smallest absolute Gasteiger partial charge is 0.250 e. The van der Waals surface area contributed by atoms with Crippen molar-refractivity contribution < 1.29 is 9.18 Å². The first-order valence-electron chi connectivity index (χ1n) is 10.1. The molecular weight excluding hydrogens is 407 g/mol. The molecule has 1 amide bonds. The van der Waals surface area contributed by atoms with Crippen molar-refractivity contribution in [3.05, 3.63) is 79.5 Å². The SMILES string of the molecule is C=CC(=O)N(CCn1cc(-c2ccc(F)c(NC)c2)c2c(N)ncnc21)c1ccccc1. The highest BCUT2D eigenvalue weighted by atomic mass is 19.1. The molecule has 4 rings (SSSR count). The van der Waals surface area contributed by atoms with Gasteiger partial charge in [-0.3, -0.25) is 4.79 Å². The molecule has 0 atom stereocenters. The van der Waals surface area contributed by atoms with Crippen LogP contribution in [0.4, 0.5) is 21.6 Å². The molecule has 0 fully saturated rings. The quantitative estimate of drug-likeness (QED) is 0.431. The van der Waals surface area contributed by atoms with Crippen molar-refractivity contribution in [3.63, 3.8) is 0 Å². The van der Waals surface area contributed by atoms with E-state index in [0.29, 0.717) is 35.6 Å². The van der Waals surface area contributed by atoms with Gasteiger partial charge in [-0.25, -0.2) is 14.4 Å². The number of anilines is 3. The minimum Gasteiger partial charge on any atom is -0.386 e. The first-order chi connectivity index (χ1) is 15.5. The van der Waals surface area contributed by atoms with Crippen molar-refractivity contribution in [1.82, 2.24) is 14.5 Å².